The number of nitrogens with zero attached hydrogens (tertiary/aromatic N) is 2. The Morgan fingerprint density at radius 2 is 2.08 bits per heavy atom. The van der Waals surface area contributed by atoms with Gasteiger partial charge in [-0.15, -0.1) is 0 Å². The molecule has 0 spiro atoms. The summed E-state index contributed by atoms with van der Waals surface area (Å²) in [5.41, 5.74) is 3.23. The second-order valence-electron chi connectivity index (χ2n) is 6.60. The average molecular weight is 373 g/mol. The summed E-state index contributed by atoms with van der Waals surface area (Å²) in [5, 5.41) is 3.25. The van der Waals surface area contributed by atoms with Crippen molar-refractivity contribution in [3.63, 3.8) is 0 Å². The Hall–Kier alpha value is -2.41. The lowest BCUT2D eigenvalue weighted by atomic mass is 10.1. The fraction of sp³-hybridized carbons (Fsp3) is 0.368. The fourth-order valence-corrected chi connectivity index (χ4v) is 5.00. The number of hydrogen-bond acceptors (Lipinski definition) is 5. The molecule has 1 N–H and O–H groups in total. The van der Waals surface area contributed by atoms with Crippen molar-refractivity contribution in [1.82, 2.24) is 9.88 Å². The van der Waals surface area contributed by atoms with Crippen LogP contribution in [0.4, 0.5) is 11.4 Å². The predicted octanol–water partition coefficient (Wildman–Crippen LogP) is 2.78. The standard InChI is InChI=1S/C19H23N3O3S/c1-3-22(18-7-8-26(24,25)13-18)19(23)15-10-17(12-20-11-15)21-16-6-4-5-14(2)9-16/h4-6,9-12,18,21H,3,7-8,13H2,1-2H3. The molecule has 138 valence electrons. The van der Waals surface area contributed by atoms with Gasteiger partial charge in [-0.1, -0.05) is 12.1 Å². The first kappa shape index (κ1) is 18.4. The number of rotatable bonds is 5. The van der Waals surface area contributed by atoms with Crippen molar-refractivity contribution < 1.29 is 13.2 Å². The van der Waals surface area contributed by atoms with Crippen LogP contribution in [0.15, 0.2) is 42.7 Å². The molecule has 7 heteroatoms. The largest absolute Gasteiger partial charge is 0.354 e. The van der Waals surface area contributed by atoms with Gasteiger partial charge in [0.15, 0.2) is 9.84 Å². The van der Waals surface area contributed by atoms with Crippen molar-refractivity contribution in [2.24, 2.45) is 0 Å². The molecule has 3 rings (SSSR count). The molecule has 0 bridgehead atoms. The maximum absolute atomic E-state index is 12.9. The van der Waals surface area contributed by atoms with Crippen LogP contribution < -0.4 is 5.32 Å². The third-order valence-electron chi connectivity index (χ3n) is 4.54. The number of amides is 1. The molecule has 1 aliphatic heterocycles. The second-order valence-corrected chi connectivity index (χ2v) is 8.83. The van der Waals surface area contributed by atoms with E-state index in [0.717, 1.165) is 16.9 Å². The molecule has 26 heavy (non-hydrogen) atoms. The van der Waals surface area contributed by atoms with E-state index in [1.165, 1.54) is 6.20 Å². The minimum Gasteiger partial charge on any atom is -0.354 e. The summed E-state index contributed by atoms with van der Waals surface area (Å²) in [6, 6.07) is 9.42. The van der Waals surface area contributed by atoms with Crippen LogP contribution in [0.25, 0.3) is 0 Å². The van der Waals surface area contributed by atoms with Gasteiger partial charge in [-0.25, -0.2) is 8.42 Å². The number of anilines is 2. The number of hydrogen-bond donors (Lipinski definition) is 1. The van der Waals surface area contributed by atoms with Gasteiger partial charge in [0, 0.05) is 24.5 Å². The minimum absolute atomic E-state index is 0.0429. The highest BCUT2D eigenvalue weighted by atomic mass is 32.2. The van der Waals surface area contributed by atoms with Crippen LogP contribution in [0.1, 0.15) is 29.3 Å². The molecular formula is C19H23N3O3S. The van der Waals surface area contributed by atoms with E-state index in [1.54, 1.807) is 17.2 Å². The molecule has 2 aromatic rings. The zero-order chi connectivity index (χ0) is 18.7. The maximum Gasteiger partial charge on any atom is 0.255 e. The molecule has 1 aromatic heterocycles. The van der Waals surface area contributed by atoms with Gasteiger partial charge < -0.3 is 10.2 Å². The first-order chi connectivity index (χ1) is 12.4. The van der Waals surface area contributed by atoms with E-state index < -0.39 is 9.84 Å². The number of pyridine rings is 1. The molecular weight excluding hydrogens is 350 g/mol. The molecule has 6 nitrogen and oxygen atoms in total. The highest BCUT2D eigenvalue weighted by Gasteiger charge is 2.34. The summed E-state index contributed by atoms with van der Waals surface area (Å²) >= 11 is 0. The summed E-state index contributed by atoms with van der Waals surface area (Å²) in [5.74, 6) is 0.00518. The van der Waals surface area contributed by atoms with Crippen LogP contribution in [-0.4, -0.2) is 48.3 Å². The molecule has 0 saturated carbocycles. The fourth-order valence-electron chi connectivity index (χ4n) is 3.27. The van der Waals surface area contributed by atoms with Gasteiger partial charge in [-0.2, -0.15) is 0 Å². The number of sulfone groups is 1. The smallest absolute Gasteiger partial charge is 0.255 e. The monoisotopic (exact) mass is 373 g/mol. The lowest BCUT2D eigenvalue weighted by Crippen LogP contribution is -2.41. The van der Waals surface area contributed by atoms with Gasteiger partial charge in [0.2, 0.25) is 0 Å². The highest BCUT2D eigenvalue weighted by Crippen LogP contribution is 2.22. The maximum atomic E-state index is 12.9. The molecule has 1 fully saturated rings. The second kappa shape index (κ2) is 7.45. The average Bonchev–Trinajstić information content (AvgIpc) is 2.95. The Balaban J connectivity index is 1.79. The van der Waals surface area contributed by atoms with Gasteiger partial charge in [0.25, 0.3) is 5.91 Å². The molecule has 1 atom stereocenters. The molecule has 0 aliphatic carbocycles. The van der Waals surface area contributed by atoms with Crippen LogP contribution in [0, 0.1) is 6.92 Å². The van der Waals surface area contributed by atoms with Crippen molar-refractivity contribution in [1.29, 1.82) is 0 Å². The predicted molar refractivity (Wildman–Crippen MR) is 102 cm³/mol. The van der Waals surface area contributed by atoms with E-state index in [4.69, 9.17) is 0 Å². The van der Waals surface area contributed by atoms with E-state index in [-0.39, 0.29) is 23.5 Å². The third kappa shape index (κ3) is 4.22. The van der Waals surface area contributed by atoms with E-state index >= 15 is 0 Å². The zero-order valence-electron chi connectivity index (χ0n) is 15.0. The van der Waals surface area contributed by atoms with Crippen LogP contribution >= 0.6 is 0 Å². The van der Waals surface area contributed by atoms with Crippen LogP contribution in [0.5, 0.6) is 0 Å². The number of benzene rings is 1. The molecule has 1 unspecified atom stereocenters. The quantitative estimate of drug-likeness (QED) is 0.872. The van der Waals surface area contributed by atoms with Gasteiger partial charge >= 0.3 is 0 Å². The summed E-state index contributed by atoms with van der Waals surface area (Å²) in [7, 11) is -3.04. The first-order valence-corrected chi connectivity index (χ1v) is 10.5. The lowest BCUT2D eigenvalue weighted by molar-refractivity contribution is 0.0708. The summed E-state index contributed by atoms with van der Waals surface area (Å²) < 4.78 is 23.5. The number of aryl methyl sites for hydroxylation is 1. The summed E-state index contributed by atoms with van der Waals surface area (Å²) in [6.45, 7) is 4.35. The summed E-state index contributed by atoms with van der Waals surface area (Å²) in [6.07, 6.45) is 3.68. The Morgan fingerprint density at radius 1 is 1.27 bits per heavy atom. The highest BCUT2D eigenvalue weighted by molar-refractivity contribution is 7.91. The van der Waals surface area contributed by atoms with Crippen LogP contribution in [0.3, 0.4) is 0 Å². The number of nitrogens with one attached hydrogen (secondary N) is 1. The Kier molecular flexibility index (Phi) is 5.27. The van der Waals surface area contributed by atoms with Crippen molar-refractivity contribution in [3.8, 4) is 0 Å². The Labute approximate surface area is 154 Å². The number of carbonyl (C=O) groups is 1. The van der Waals surface area contributed by atoms with Crippen molar-refractivity contribution >= 4 is 27.1 Å². The van der Waals surface area contributed by atoms with Gasteiger partial charge in [0.05, 0.1) is 29.0 Å². The number of aromatic nitrogens is 1. The molecule has 1 saturated heterocycles. The van der Waals surface area contributed by atoms with E-state index in [2.05, 4.69) is 10.3 Å². The van der Waals surface area contributed by atoms with Gasteiger partial charge in [-0.05, 0) is 44.0 Å². The molecule has 0 radical (unpaired) electrons. The van der Waals surface area contributed by atoms with Crippen molar-refractivity contribution in [2.45, 2.75) is 26.3 Å². The molecule has 1 aromatic carbocycles. The van der Waals surface area contributed by atoms with Crippen molar-refractivity contribution in [2.75, 3.05) is 23.4 Å². The summed E-state index contributed by atoms with van der Waals surface area (Å²) in [4.78, 5) is 18.7. The SMILES string of the molecule is CCN(C(=O)c1cncc(Nc2cccc(C)c2)c1)C1CCS(=O)(=O)C1. The van der Waals surface area contributed by atoms with E-state index in [9.17, 15) is 13.2 Å². The van der Waals surface area contributed by atoms with Crippen LogP contribution in [0.2, 0.25) is 0 Å². The van der Waals surface area contributed by atoms with E-state index in [1.807, 2.05) is 38.1 Å². The minimum atomic E-state index is -3.04. The molecule has 1 amide bonds. The number of carbonyl (C=O) groups excluding carboxylic acids is 1. The first-order valence-electron chi connectivity index (χ1n) is 8.68. The van der Waals surface area contributed by atoms with Crippen LogP contribution in [-0.2, 0) is 9.84 Å². The Bertz CT molecular complexity index is 912. The lowest BCUT2D eigenvalue weighted by Gasteiger charge is -2.27. The van der Waals surface area contributed by atoms with Gasteiger partial charge in [-0.3, -0.25) is 9.78 Å². The molecule has 1 aliphatic rings. The van der Waals surface area contributed by atoms with Crippen molar-refractivity contribution in [3.05, 3.63) is 53.9 Å². The van der Waals surface area contributed by atoms with Gasteiger partial charge in [0.1, 0.15) is 0 Å². The molecule has 2 heterocycles. The Morgan fingerprint density at radius 3 is 2.73 bits per heavy atom. The van der Waals surface area contributed by atoms with E-state index in [0.29, 0.717) is 18.5 Å². The normalized spacial score (nSPS) is 18.5. The zero-order valence-corrected chi connectivity index (χ0v) is 15.8. The third-order valence-corrected chi connectivity index (χ3v) is 6.29. The topological polar surface area (TPSA) is 79.4 Å².